The van der Waals surface area contributed by atoms with Gasteiger partial charge < -0.3 is 11.1 Å². The molecule has 1 atom stereocenters. The smallest absolute Gasteiger partial charge is 0.221 e. The van der Waals surface area contributed by atoms with Gasteiger partial charge in [-0.05, 0) is 6.92 Å². The van der Waals surface area contributed by atoms with Gasteiger partial charge in [-0.1, -0.05) is 31.9 Å². The maximum Gasteiger partial charge on any atom is 0.221 e. The lowest BCUT2D eigenvalue weighted by Gasteiger charge is -2.08. The third-order valence-electron chi connectivity index (χ3n) is 1.05. The van der Waals surface area contributed by atoms with Crippen LogP contribution < -0.4 is 11.1 Å². The Labute approximate surface area is 80.0 Å². The molecule has 0 aromatic heterocycles. The van der Waals surface area contributed by atoms with E-state index < -0.39 is 0 Å². The molecule has 0 saturated carbocycles. The Hall–Kier alpha value is -1.35. The predicted molar refractivity (Wildman–Crippen MR) is 57.0 cm³/mol. The zero-order valence-corrected chi connectivity index (χ0v) is 8.34. The van der Waals surface area contributed by atoms with Crippen LogP contribution in [-0.2, 0) is 4.79 Å². The first-order chi connectivity index (χ1) is 5.95. The average Bonchev–Trinajstić information content (AvgIpc) is 2.03. The quantitative estimate of drug-likeness (QED) is 0.647. The number of hydrogen-bond donors (Lipinski definition) is 2. The lowest BCUT2D eigenvalue weighted by atomic mass is 10.3. The van der Waals surface area contributed by atoms with Crippen LogP contribution in [0.3, 0.4) is 0 Å². The molecule has 74 valence electrons. The number of hydrogen-bond acceptors (Lipinski definition) is 2. The molecule has 0 fully saturated rings. The predicted octanol–water partition coefficient (Wildman–Crippen LogP) is 1.34. The summed E-state index contributed by atoms with van der Waals surface area (Å²) in [5.41, 5.74) is 5.93. The van der Waals surface area contributed by atoms with Crippen molar-refractivity contribution < 1.29 is 4.79 Å². The number of carbonyl (C=O) groups excluding carboxylic acids is 1. The Morgan fingerprint density at radius 2 is 1.85 bits per heavy atom. The van der Waals surface area contributed by atoms with E-state index in [9.17, 15) is 4.79 Å². The molecule has 13 heavy (non-hydrogen) atoms. The molecule has 1 amide bonds. The average molecular weight is 182 g/mol. The van der Waals surface area contributed by atoms with E-state index in [1.807, 2.05) is 0 Å². The first-order valence-electron chi connectivity index (χ1n) is 3.91. The van der Waals surface area contributed by atoms with Gasteiger partial charge in [0, 0.05) is 18.7 Å². The van der Waals surface area contributed by atoms with Gasteiger partial charge in [0.2, 0.25) is 5.91 Å². The standard InChI is InChI=1S/C6H12N2O.C4H6/c1-4(7)5(2)8-6(3)9;1-3-4-2/h4H,2,7H2,1,3H3,(H,8,9);3-4H,1-2H2. The zero-order chi connectivity index (χ0) is 10.9. The minimum Gasteiger partial charge on any atom is -0.329 e. The van der Waals surface area contributed by atoms with Crippen molar-refractivity contribution in [2.24, 2.45) is 5.73 Å². The first-order valence-corrected chi connectivity index (χ1v) is 3.91. The highest BCUT2D eigenvalue weighted by Gasteiger charge is 1.99. The third-order valence-corrected chi connectivity index (χ3v) is 1.05. The van der Waals surface area contributed by atoms with E-state index in [0.29, 0.717) is 5.70 Å². The second-order valence-electron chi connectivity index (χ2n) is 2.47. The molecular weight excluding hydrogens is 164 g/mol. The Kier molecular flexibility index (Phi) is 9.54. The van der Waals surface area contributed by atoms with Gasteiger partial charge in [-0.2, -0.15) is 0 Å². The number of carbonyl (C=O) groups is 1. The van der Waals surface area contributed by atoms with Crippen molar-refractivity contribution in [1.29, 1.82) is 0 Å². The summed E-state index contributed by atoms with van der Waals surface area (Å²) in [6, 6.07) is -0.172. The van der Waals surface area contributed by atoms with E-state index in [1.165, 1.54) is 6.92 Å². The zero-order valence-electron chi connectivity index (χ0n) is 8.34. The van der Waals surface area contributed by atoms with Crippen LogP contribution in [0.25, 0.3) is 0 Å². The highest BCUT2D eigenvalue weighted by molar-refractivity contribution is 5.74. The maximum atomic E-state index is 10.3. The number of nitrogens with two attached hydrogens (primary N) is 1. The van der Waals surface area contributed by atoms with E-state index in [4.69, 9.17) is 5.73 Å². The molecule has 0 aliphatic rings. The summed E-state index contributed by atoms with van der Waals surface area (Å²) < 4.78 is 0. The van der Waals surface area contributed by atoms with Crippen molar-refractivity contribution in [3.8, 4) is 0 Å². The van der Waals surface area contributed by atoms with Crippen LogP contribution in [-0.4, -0.2) is 11.9 Å². The summed E-state index contributed by atoms with van der Waals surface area (Å²) in [6.07, 6.45) is 3.28. The fourth-order valence-electron chi connectivity index (χ4n) is 0.340. The molecule has 0 aliphatic carbocycles. The van der Waals surface area contributed by atoms with Crippen LogP contribution in [0, 0.1) is 0 Å². The van der Waals surface area contributed by atoms with Crippen molar-refractivity contribution in [3.05, 3.63) is 37.6 Å². The normalized spacial score (nSPS) is 10.1. The Balaban J connectivity index is 0. The molecule has 0 aromatic rings. The van der Waals surface area contributed by atoms with E-state index in [1.54, 1.807) is 19.1 Å². The van der Waals surface area contributed by atoms with Crippen LogP contribution in [0.4, 0.5) is 0 Å². The van der Waals surface area contributed by atoms with E-state index in [0.717, 1.165) is 0 Å². The Morgan fingerprint density at radius 3 is 1.92 bits per heavy atom. The molecule has 3 N–H and O–H groups in total. The van der Waals surface area contributed by atoms with Crippen molar-refractivity contribution in [3.63, 3.8) is 0 Å². The highest BCUT2D eigenvalue weighted by atomic mass is 16.1. The SMILES string of the molecule is C=C(NC(C)=O)C(C)N.C=CC=C. The molecule has 1 unspecified atom stereocenters. The van der Waals surface area contributed by atoms with Crippen molar-refractivity contribution >= 4 is 5.91 Å². The van der Waals surface area contributed by atoms with Crippen LogP contribution in [0.5, 0.6) is 0 Å². The van der Waals surface area contributed by atoms with Crippen molar-refractivity contribution in [1.82, 2.24) is 5.32 Å². The van der Waals surface area contributed by atoms with Gasteiger partial charge in [0.15, 0.2) is 0 Å². The third kappa shape index (κ3) is 13.6. The summed E-state index contributed by atoms with van der Waals surface area (Å²) >= 11 is 0. The molecular formula is C10H18N2O. The second kappa shape index (κ2) is 8.74. The van der Waals surface area contributed by atoms with Crippen molar-refractivity contribution in [2.45, 2.75) is 19.9 Å². The second-order valence-corrected chi connectivity index (χ2v) is 2.47. The molecule has 3 heteroatoms. The van der Waals surface area contributed by atoms with Gasteiger partial charge in [-0.25, -0.2) is 0 Å². The van der Waals surface area contributed by atoms with Crippen LogP contribution in [0.2, 0.25) is 0 Å². The molecule has 0 aromatic carbocycles. The Bertz CT molecular complexity index is 189. The lowest BCUT2D eigenvalue weighted by molar-refractivity contribution is -0.118. The minimum atomic E-state index is -0.172. The first kappa shape index (κ1) is 14.2. The molecule has 0 aliphatic heterocycles. The monoisotopic (exact) mass is 182 g/mol. The largest absolute Gasteiger partial charge is 0.329 e. The summed E-state index contributed by atoms with van der Waals surface area (Å²) in [6.45, 7) is 13.4. The van der Waals surface area contributed by atoms with Gasteiger partial charge in [0.25, 0.3) is 0 Å². The van der Waals surface area contributed by atoms with Gasteiger partial charge >= 0.3 is 0 Å². The number of allylic oxidation sites excluding steroid dienone is 2. The fourth-order valence-corrected chi connectivity index (χ4v) is 0.340. The Morgan fingerprint density at radius 1 is 1.46 bits per heavy atom. The summed E-state index contributed by atoms with van der Waals surface area (Å²) in [7, 11) is 0. The van der Waals surface area contributed by atoms with Gasteiger partial charge in [0.1, 0.15) is 0 Å². The minimum absolute atomic E-state index is 0.127. The molecule has 0 spiro atoms. The number of rotatable bonds is 3. The topological polar surface area (TPSA) is 55.1 Å². The number of amides is 1. The van der Waals surface area contributed by atoms with Crippen LogP contribution >= 0.6 is 0 Å². The molecule has 0 radical (unpaired) electrons. The van der Waals surface area contributed by atoms with Gasteiger partial charge in [-0.15, -0.1) is 0 Å². The van der Waals surface area contributed by atoms with E-state index in [2.05, 4.69) is 25.1 Å². The summed E-state index contributed by atoms with van der Waals surface area (Å²) in [5.74, 6) is -0.127. The van der Waals surface area contributed by atoms with Gasteiger partial charge in [-0.3, -0.25) is 4.79 Å². The number of nitrogens with one attached hydrogen (secondary N) is 1. The lowest BCUT2D eigenvalue weighted by Crippen LogP contribution is -2.30. The molecule has 0 saturated heterocycles. The fraction of sp³-hybridized carbons (Fsp3) is 0.300. The molecule has 0 rings (SSSR count). The molecule has 0 heterocycles. The summed E-state index contributed by atoms with van der Waals surface area (Å²) in [5, 5.41) is 2.48. The van der Waals surface area contributed by atoms with Crippen molar-refractivity contribution in [2.75, 3.05) is 0 Å². The maximum absolute atomic E-state index is 10.3. The molecule has 0 bridgehead atoms. The molecule has 3 nitrogen and oxygen atoms in total. The summed E-state index contributed by atoms with van der Waals surface area (Å²) in [4.78, 5) is 10.3. The van der Waals surface area contributed by atoms with Gasteiger partial charge in [0.05, 0.1) is 0 Å². The van der Waals surface area contributed by atoms with Crippen LogP contribution in [0.1, 0.15) is 13.8 Å². The van der Waals surface area contributed by atoms with Crippen LogP contribution in [0.15, 0.2) is 37.6 Å². The van der Waals surface area contributed by atoms with E-state index >= 15 is 0 Å². The van der Waals surface area contributed by atoms with E-state index in [-0.39, 0.29) is 11.9 Å². The highest BCUT2D eigenvalue weighted by Crippen LogP contribution is 1.87.